The van der Waals surface area contributed by atoms with Gasteiger partial charge in [0.2, 0.25) is 5.95 Å². The first-order valence-electron chi connectivity index (χ1n) is 4.95. The van der Waals surface area contributed by atoms with Gasteiger partial charge in [0.25, 0.3) is 0 Å². The molecule has 0 radical (unpaired) electrons. The van der Waals surface area contributed by atoms with Crippen LogP contribution in [0.2, 0.25) is 0 Å². The Morgan fingerprint density at radius 3 is 2.56 bits per heavy atom. The maximum atomic E-state index is 12.3. The first-order chi connectivity index (χ1) is 7.49. The first-order valence-corrected chi connectivity index (χ1v) is 4.95. The van der Waals surface area contributed by atoms with E-state index in [-0.39, 0.29) is 24.4 Å². The Morgan fingerprint density at radius 1 is 1.38 bits per heavy atom. The SMILES string of the molecule is NCc1nnc(NC2CC2)n1CC(F)(F)F. The van der Waals surface area contributed by atoms with Crippen LogP contribution in [-0.4, -0.2) is 27.0 Å². The second-order valence-corrected chi connectivity index (χ2v) is 3.76. The Kier molecular flexibility index (Phi) is 2.75. The normalized spacial score (nSPS) is 16.5. The van der Waals surface area contributed by atoms with E-state index in [4.69, 9.17) is 5.73 Å². The Morgan fingerprint density at radius 2 is 2.06 bits per heavy atom. The fraction of sp³-hybridized carbons (Fsp3) is 0.750. The third kappa shape index (κ3) is 2.63. The van der Waals surface area contributed by atoms with Crippen LogP contribution in [0.1, 0.15) is 18.7 Å². The van der Waals surface area contributed by atoms with Crippen LogP contribution in [0.15, 0.2) is 0 Å². The largest absolute Gasteiger partial charge is 0.406 e. The topological polar surface area (TPSA) is 68.8 Å². The minimum absolute atomic E-state index is 0.0601. The van der Waals surface area contributed by atoms with Crippen molar-refractivity contribution in [1.82, 2.24) is 14.8 Å². The Hall–Kier alpha value is -1.31. The van der Waals surface area contributed by atoms with Gasteiger partial charge in [-0.3, -0.25) is 4.57 Å². The molecular weight excluding hydrogens is 223 g/mol. The first kappa shape index (κ1) is 11.2. The number of nitrogens with two attached hydrogens (primary N) is 1. The Balaban J connectivity index is 2.19. The summed E-state index contributed by atoms with van der Waals surface area (Å²) in [6.45, 7) is -1.17. The predicted octanol–water partition coefficient (Wildman–Crippen LogP) is 0.873. The van der Waals surface area contributed by atoms with Gasteiger partial charge >= 0.3 is 6.18 Å². The van der Waals surface area contributed by atoms with Gasteiger partial charge in [-0.05, 0) is 12.8 Å². The third-order valence-corrected chi connectivity index (χ3v) is 2.26. The average Bonchev–Trinajstić information content (AvgIpc) is 2.90. The molecule has 1 aliphatic rings. The summed E-state index contributed by atoms with van der Waals surface area (Å²) in [4.78, 5) is 0. The summed E-state index contributed by atoms with van der Waals surface area (Å²) in [5.74, 6) is 0.292. The number of anilines is 1. The summed E-state index contributed by atoms with van der Waals surface area (Å²) >= 11 is 0. The lowest BCUT2D eigenvalue weighted by atomic mass is 10.5. The molecule has 0 unspecified atom stereocenters. The van der Waals surface area contributed by atoms with Crippen LogP contribution in [0.4, 0.5) is 19.1 Å². The van der Waals surface area contributed by atoms with Crippen molar-refractivity contribution in [3.8, 4) is 0 Å². The molecule has 1 heterocycles. The molecule has 5 nitrogen and oxygen atoms in total. The van der Waals surface area contributed by atoms with Crippen LogP contribution in [0.3, 0.4) is 0 Å². The van der Waals surface area contributed by atoms with Crippen LogP contribution in [0, 0.1) is 0 Å². The highest BCUT2D eigenvalue weighted by Gasteiger charge is 2.32. The van der Waals surface area contributed by atoms with E-state index in [1.165, 1.54) is 0 Å². The van der Waals surface area contributed by atoms with Gasteiger partial charge in [-0.25, -0.2) is 0 Å². The number of halogens is 3. The van der Waals surface area contributed by atoms with Gasteiger partial charge in [-0.2, -0.15) is 13.2 Å². The second-order valence-electron chi connectivity index (χ2n) is 3.76. The summed E-state index contributed by atoms with van der Waals surface area (Å²) in [6, 6.07) is 0.224. The van der Waals surface area contributed by atoms with Crippen LogP contribution in [-0.2, 0) is 13.1 Å². The van der Waals surface area contributed by atoms with E-state index in [9.17, 15) is 13.2 Å². The molecular formula is C8H12F3N5. The molecule has 0 spiro atoms. The molecule has 0 atom stereocenters. The van der Waals surface area contributed by atoms with Crippen molar-refractivity contribution in [3.05, 3.63) is 5.82 Å². The summed E-state index contributed by atoms with van der Waals surface area (Å²) in [5, 5.41) is 10.2. The molecule has 0 aromatic carbocycles. The van der Waals surface area contributed by atoms with E-state index in [1.807, 2.05) is 0 Å². The number of hydrogen-bond acceptors (Lipinski definition) is 4. The third-order valence-electron chi connectivity index (χ3n) is 2.26. The van der Waals surface area contributed by atoms with Crippen LogP contribution < -0.4 is 11.1 Å². The standard InChI is InChI=1S/C8H12F3N5/c9-8(10,11)4-16-6(3-12)14-15-7(16)13-5-1-2-5/h5H,1-4,12H2,(H,13,15). The molecule has 1 fully saturated rings. The molecule has 3 N–H and O–H groups in total. The van der Waals surface area contributed by atoms with Gasteiger partial charge in [0, 0.05) is 6.04 Å². The lowest BCUT2D eigenvalue weighted by Crippen LogP contribution is -2.22. The monoisotopic (exact) mass is 235 g/mol. The smallest absolute Gasteiger partial charge is 0.352 e. The number of nitrogens with one attached hydrogen (secondary N) is 1. The predicted molar refractivity (Wildman–Crippen MR) is 50.6 cm³/mol. The van der Waals surface area contributed by atoms with Gasteiger partial charge in [0.1, 0.15) is 12.4 Å². The molecule has 90 valence electrons. The van der Waals surface area contributed by atoms with Crippen molar-refractivity contribution >= 4 is 5.95 Å². The molecule has 0 bridgehead atoms. The Labute approximate surface area is 89.8 Å². The molecule has 0 aliphatic heterocycles. The number of rotatable bonds is 4. The Bertz CT molecular complexity index is 368. The minimum Gasteiger partial charge on any atom is -0.352 e. The second kappa shape index (κ2) is 3.93. The number of aromatic nitrogens is 3. The molecule has 0 amide bonds. The lowest BCUT2D eigenvalue weighted by Gasteiger charge is -2.12. The van der Waals surface area contributed by atoms with E-state index < -0.39 is 12.7 Å². The maximum Gasteiger partial charge on any atom is 0.406 e. The van der Waals surface area contributed by atoms with Gasteiger partial charge < -0.3 is 11.1 Å². The maximum absolute atomic E-state index is 12.3. The highest BCUT2D eigenvalue weighted by Crippen LogP contribution is 2.26. The van der Waals surface area contributed by atoms with E-state index in [2.05, 4.69) is 15.5 Å². The van der Waals surface area contributed by atoms with Crippen molar-refractivity contribution in [2.75, 3.05) is 5.32 Å². The van der Waals surface area contributed by atoms with E-state index in [1.54, 1.807) is 0 Å². The van der Waals surface area contributed by atoms with Crippen molar-refractivity contribution in [1.29, 1.82) is 0 Å². The van der Waals surface area contributed by atoms with E-state index in [0.29, 0.717) is 0 Å². The zero-order valence-corrected chi connectivity index (χ0v) is 8.46. The van der Waals surface area contributed by atoms with Crippen LogP contribution in [0.5, 0.6) is 0 Å². The summed E-state index contributed by atoms with van der Waals surface area (Å²) < 4.78 is 38.0. The van der Waals surface area contributed by atoms with Gasteiger partial charge in [0.15, 0.2) is 0 Å². The molecule has 1 saturated carbocycles. The van der Waals surface area contributed by atoms with Crippen molar-refractivity contribution in [2.45, 2.75) is 38.1 Å². The van der Waals surface area contributed by atoms with Crippen molar-refractivity contribution in [3.63, 3.8) is 0 Å². The van der Waals surface area contributed by atoms with Crippen LogP contribution >= 0.6 is 0 Å². The van der Waals surface area contributed by atoms with Crippen molar-refractivity contribution in [2.24, 2.45) is 5.73 Å². The summed E-state index contributed by atoms with van der Waals surface area (Å²) in [7, 11) is 0. The summed E-state index contributed by atoms with van der Waals surface area (Å²) in [6.07, 6.45) is -2.39. The number of hydrogen-bond donors (Lipinski definition) is 2. The highest BCUT2D eigenvalue weighted by molar-refractivity contribution is 5.29. The van der Waals surface area contributed by atoms with Gasteiger partial charge in [-0.15, -0.1) is 10.2 Å². The minimum atomic E-state index is -4.30. The fourth-order valence-corrected chi connectivity index (χ4v) is 1.35. The fourth-order valence-electron chi connectivity index (χ4n) is 1.35. The van der Waals surface area contributed by atoms with Crippen molar-refractivity contribution < 1.29 is 13.2 Å². The zero-order valence-electron chi connectivity index (χ0n) is 8.46. The molecule has 1 aromatic heterocycles. The molecule has 0 saturated heterocycles. The highest BCUT2D eigenvalue weighted by atomic mass is 19.4. The van der Waals surface area contributed by atoms with E-state index in [0.717, 1.165) is 17.4 Å². The molecule has 16 heavy (non-hydrogen) atoms. The van der Waals surface area contributed by atoms with Gasteiger partial charge in [0.05, 0.1) is 6.54 Å². The number of nitrogens with zero attached hydrogens (tertiary/aromatic N) is 3. The van der Waals surface area contributed by atoms with Gasteiger partial charge in [-0.1, -0.05) is 0 Å². The molecule has 2 rings (SSSR count). The number of alkyl halides is 3. The van der Waals surface area contributed by atoms with Crippen LogP contribution in [0.25, 0.3) is 0 Å². The van der Waals surface area contributed by atoms with E-state index >= 15 is 0 Å². The molecule has 1 aromatic rings. The molecule has 1 aliphatic carbocycles. The zero-order chi connectivity index (χ0) is 11.8. The summed E-state index contributed by atoms with van der Waals surface area (Å²) in [5.41, 5.74) is 5.31. The average molecular weight is 235 g/mol. The molecule has 8 heteroatoms. The quantitative estimate of drug-likeness (QED) is 0.812. The lowest BCUT2D eigenvalue weighted by molar-refractivity contribution is -0.140.